The average molecular weight is 294 g/mol. The zero-order valence-corrected chi connectivity index (χ0v) is 10.8. The van der Waals surface area contributed by atoms with Gasteiger partial charge in [0.1, 0.15) is 10.6 Å². The van der Waals surface area contributed by atoms with Crippen molar-refractivity contribution in [3.05, 3.63) is 23.8 Å². The molecule has 8 heteroatoms. The number of halogens is 5. The van der Waals surface area contributed by atoms with Crippen LogP contribution in [0, 0.1) is 0 Å². The lowest BCUT2D eigenvalue weighted by molar-refractivity contribution is 0.194. The SMILES string of the molecule is CC.CC(O)c1cc(S(F)(F)(F)(F)F)ccc1O. The fourth-order valence-corrected chi connectivity index (χ4v) is 1.78. The summed E-state index contributed by atoms with van der Waals surface area (Å²) >= 11 is 0. The summed E-state index contributed by atoms with van der Waals surface area (Å²) in [5.41, 5.74) is -0.592. The molecule has 1 aromatic rings. The Kier molecular flexibility index (Phi) is 4.03. The van der Waals surface area contributed by atoms with Crippen LogP contribution in [0.3, 0.4) is 0 Å². The monoisotopic (exact) mass is 294 g/mol. The summed E-state index contributed by atoms with van der Waals surface area (Å²) in [4.78, 5) is -2.13. The lowest BCUT2D eigenvalue weighted by Gasteiger charge is -2.40. The molecule has 0 fully saturated rings. The van der Waals surface area contributed by atoms with E-state index in [1.165, 1.54) is 0 Å². The first-order valence-corrected chi connectivity index (χ1v) is 7.01. The number of hydrogen-bond acceptors (Lipinski definition) is 2. The van der Waals surface area contributed by atoms with E-state index < -0.39 is 32.5 Å². The van der Waals surface area contributed by atoms with Gasteiger partial charge in [0.2, 0.25) is 0 Å². The van der Waals surface area contributed by atoms with Gasteiger partial charge in [-0.2, -0.15) is 0 Å². The van der Waals surface area contributed by atoms with E-state index in [4.69, 9.17) is 10.2 Å². The molecule has 18 heavy (non-hydrogen) atoms. The first-order chi connectivity index (χ1) is 7.81. The first-order valence-electron chi connectivity index (χ1n) is 5.06. The van der Waals surface area contributed by atoms with Crippen LogP contribution in [0.1, 0.15) is 32.4 Å². The van der Waals surface area contributed by atoms with Gasteiger partial charge in [-0.25, -0.2) is 0 Å². The number of phenols is 1. The van der Waals surface area contributed by atoms with Crippen molar-refractivity contribution in [1.82, 2.24) is 0 Å². The molecule has 1 atom stereocenters. The van der Waals surface area contributed by atoms with Crippen molar-refractivity contribution in [2.75, 3.05) is 0 Å². The lowest BCUT2D eigenvalue weighted by Crippen LogP contribution is -2.07. The maximum Gasteiger partial charge on any atom is 0.310 e. The van der Waals surface area contributed by atoms with Crippen LogP contribution < -0.4 is 0 Å². The molecule has 0 aliphatic carbocycles. The zero-order chi connectivity index (χ0) is 14.8. The Bertz CT molecular complexity index is 427. The molecule has 0 saturated heterocycles. The summed E-state index contributed by atoms with van der Waals surface area (Å²) < 4.78 is 61.8. The minimum Gasteiger partial charge on any atom is -0.508 e. The van der Waals surface area contributed by atoms with E-state index in [0.29, 0.717) is 6.07 Å². The minimum atomic E-state index is -9.76. The van der Waals surface area contributed by atoms with Crippen LogP contribution in [-0.4, -0.2) is 10.2 Å². The number of aliphatic hydroxyl groups excluding tert-OH is 1. The molecule has 0 spiro atoms. The van der Waals surface area contributed by atoms with Crippen molar-refractivity contribution in [2.24, 2.45) is 0 Å². The minimum absolute atomic E-state index is 0.0571. The van der Waals surface area contributed by atoms with Crippen molar-refractivity contribution in [3.63, 3.8) is 0 Å². The van der Waals surface area contributed by atoms with Crippen LogP contribution >= 0.6 is 10.2 Å². The topological polar surface area (TPSA) is 40.5 Å². The Labute approximate surface area is 102 Å². The van der Waals surface area contributed by atoms with Gasteiger partial charge in [-0.1, -0.05) is 33.3 Å². The summed E-state index contributed by atoms with van der Waals surface area (Å²) in [6, 6.07) is 0.625. The van der Waals surface area contributed by atoms with Gasteiger partial charge in [-0.3, -0.25) is 0 Å². The Balaban J connectivity index is 0.00000137. The normalized spacial score (nSPS) is 16.9. The summed E-state index contributed by atoms with van der Waals surface area (Å²) in [6.07, 6.45) is -1.47. The van der Waals surface area contributed by atoms with Gasteiger partial charge in [0.15, 0.2) is 0 Å². The molecule has 108 valence electrons. The highest BCUT2D eigenvalue weighted by molar-refractivity contribution is 8.45. The molecule has 0 amide bonds. The molecule has 1 aromatic carbocycles. The predicted octanol–water partition coefficient (Wildman–Crippen LogP) is 5.13. The molecule has 0 bridgehead atoms. The molecule has 1 unspecified atom stereocenters. The van der Waals surface area contributed by atoms with Gasteiger partial charge in [0.25, 0.3) is 0 Å². The standard InChI is InChI=1S/C8H9F5O2S.C2H6/c1-5(14)7-4-6(2-3-8(7)15)16(9,10,11,12)13;1-2/h2-5,14-15H,1H3;1-2H3. The highest BCUT2D eigenvalue weighted by Gasteiger charge is 2.65. The largest absolute Gasteiger partial charge is 0.508 e. The van der Waals surface area contributed by atoms with Crippen LogP contribution in [0.2, 0.25) is 0 Å². The average Bonchev–Trinajstić information content (AvgIpc) is 2.17. The highest BCUT2D eigenvalue weighted by Crippen LogP contribution is 3.02. The summed E-state index contributed by atoms with van der Waals surface area (Å²) in [7, 11) is -9.76. The van der Waals surface area contributed by atoms with E-state index in [0.717, 1.165) is 6.92 Å². The van der Waals surface area contributed by atoms with Crippen molar-refractivity contribution in [1.29, 1.82) is 0 Å². The van der Waals surface area contributed by atoms with E-state index in [9.17, 15) is 19.4 Å². The number of aliphatic hydroxyl groups is 1. The molecule has 0 radical (unpaired) electrons. The second-order valence-corrected chi connectivity index (χ2v) is 5.77. The number of benzene rings is 1. The number of aromatic hydroxyl groups is 1. The Morgan fingerprint density at radius 2 is 1.50 bits per heavy atom. The fourth-order valence-electron chi connectivity index (χ4n) is 1.11. The number of hydrogen-bond donors (Lipinski definition) is 2. The third-order valence-corrected chi connectivity index (χ3v) is 3.04. The van der Waals surface area contributed by atoms with Crippen LogP contribution in [0.15, 0.2) is 23.1 Å². The van der Waals surface area contributed by atoms with Gasteiger partial charge in [-0.05, 0) is 25.1 Å². The quantitative estimate of drug-likeness (QED) is 0.742. The highest BCUT2D eigenvalue weighted by atomic mass is 32.5. The maximum absolute atomic E-state index is 12.4. The van der Waals surface area contributed by atoms with Gasteiger partial charge >= 0.3 is 10.2 Å². The van der Waals surface area contributed by atoms with Crippen molar-refractivity contribution in [2.45, 2.75) is 31.8 Å². The molecule has 0 saturated carbocycles. The van der Waals surface area contributed by atoms with Gasteiger partial charge in [-0.15, -0.1) is 0 Å². The van der Waals surface area contributed by atoms with Crippen LogP contribution in [-0.2, 0) is 0 Å². The molecule has 0 aliphatic rings. The summed E-state index contributed by atoms with van der Waals surface area (Å²) in [5, 5.41) is 18.1. The second kappa shape index (κ2) is 4.27. The van der Waals surface area contributed by atoms with Crippen LogP contribution in [0.5, 0.6) is 5.75 Å². The molecular formula is C10H15F5O2S. The van der Waals surface area contributed by atoms with Gasteiger partial charge in [0, 0.05) is 5.56 Å². The third kappa shape index (κ3) is 4.34. The lowest BCUT2D eigenvalue weighted by atomic mass is 10.1. The third-order valence-electron chi connectivity index (χ3n) is 1.89. The summed E-state index contributed by atoms with van der Waals surface area (Å²) in [5.74, 6) is -0.666. The molecule has 2 nitrogen and oxygen atoms in total. The molecule has 0 aromatic heterocycles. The van der Waals surface area contributed by atoms with Crippen LogP contribution in [0.4, 0.5) is 19.4 Å². The Morgan fingerprint density at radius 1 is 1.06 bits per heavy atom. The molecule has 2 N–H and O–H groups in total. The van der Waals surface area contributed by atoms with Crippen molar-refractivity contribution < 1.29 is 29.6 Å². The van der Waals surface area contributed by atoms with Crippen molar-refractivity contribution in [3.8, 4) is 5.75 Å². The van der Waals surface area contributed by atoms with E-state index >= 15 is 0 Å². The second-order valence-electron chi connectivity index (χ2n) is 3.37. The maximum atomic E-state index is 12.4. The fraction of sp³-hybridized carbons (Fsp3) is 0.400. The van der Waals surface area contributed by atoms with Gasteiger partial charge < -0.3 is 10.2 Å². The van der Waals surface area contributed by atoms with Crippen molar-refractivity contribution >= 4 is 10.2 Å². The molecule has 0 aliphatic heterocycles. The zero-order valence-electron chi connectivity index (χ0n) is 10.0. The number of rotatable bonds is 2. The molecule has 1 rings (SSSR count). The van der Waals surface area contributed by atoms with E-state index in [1.807, 2.05) is 13.8 Å². The Hall–Kier alpha value is -1.02. The predicted molar refractivity (Wildman–Crippen MR) is 61.5 cm³/mol. The smallest absolute Gasteiger partial charge is 0.310 e. The molecular weight excluding hydrogens is 279 g/mol. The first kappa shape index (κ1) is 17.0. The van der Waals surface area contributed by atoms with E-state index in [2.05, 4.69) is 0 Å². The number of phenolic OH excluding ortho intramolecular Hbond substituents is 1. The Morgan fingerprint density at radius 3 is 1.83 bits per heavy atom. The van der Waals surface area contributed by atoms with Gasteiger partial charge in [0.05, 0.1) is 6.10 Å². The summed E-state index contributed by atoms with van der Waals surface area (Å²) in [6.45, 7) is 5.06. The van der Waals surface area contributed by atoms with E-state index in [-0.39, 0.29) is 12.1 Å². The van der Waals surface area contributed by atoms with Crippen LogP contribution in [0.25, 0.3) is 0 Å². The van der Waals surface area contributed by atoms with E-state index in [1.54, 1.807) is 0 Å². The molecule has 0 heterocycles.